The van der Waals surface area contributed by atoms with Crippen molar-refractivity contribution in [2.75, 3.05) is 9.96 Å². The molecule has 32 heavy (non-hydrogen) atoms. The summed E-state index contributed by atoms with van der Waals surface area (Å²) in [6.07, 6.45) is -0.976. The van der Waals surface area contributed by atoms with Gasteiger partial charge in [0.2, 0.25) is 5.91 Å². The molecule has 3 unspecified atom stereocenters. The van der Waals surface area contributed by atoms with Gasteiger partial charge in [0.05, 0.1) is 27.5 Å². The van der Waals surface area contributed by atoms with E-state index in [4.69, 9.17) is 28.0 Å². The van der Waals surface area contributed by atoms with E-state index in [9.17, 15) is 9.59 Å². The van der Waals surface area contributed by atoms with Crippen LogP contribution in [0.4, 0.5) is 11.4 Å². The van der Waals surface area contributed by atoms with Gasteiger partial charge in [-0.25, -0.2) is 9.96 Å². The van der Waals surface area contributed by atoms with Gasteiger partial charge in [-0.05, 0) is 49.7 Å². The van der Waals surface area contributed by atoms with Gasteiger partial charge in [-0.2, -0.15) is 0 Å². The smallest absolute Gasteiger partial charge is 0.266 e. The zero-order chi connectivity index (χ0) is 22.6. The number of anilines is 2. The quantitative estimate of drug-likeness (QED) is 0.461. The molecular formula is C25H20Cl2N2O3. The molecule has 3 atom stereocenters. The van der Waals surface area contributed by atoms with Crippen molar-refractivity contribution < 1.29 is 14.4 Å². The van der Waals surface area contributed by atoms with Crippen LogP contribution in [0.15, 0.2) is 72.8 Å². The minimum Gasteiger partial charge on any atom is -0.273 e. The number of nitrogens with zero attached hydrogens (tertiary/aromatic N) is 2. The highest BCUT2D eigenvalue weighted by atomic mass is 35.5. The lowest BCUT2D eigenvalue weighted by Gasteiger charge is -2.32. The third-order valence-electron chi connectivity index (χ3n) is 6.24. The zero-order valence-corrected chi connectivity index (χ0v) is 19.0. The summed E-state index contributed by atoms with van der Waals surface area (Å²) >= 11 is 12.2. The third-order valence-corrected chi connectivity index (χ3v) is 6.98. The maximum Gasteiger partial charge on any atom is 0.266 e. The van der Waals surface area contributed by atoms with E-state index in [0.29, 0.717) is 10.7 Å². The number of para-hydroxylation sites is 1. The first-order valence-electron chi connectivity index (χ1n) is 10.2. The van der Waals surface area contributed by atoms with Crippen LogP contribution in [0.25, 0.3) is 0 Å². The van der Waals surface area contributed by atoms with Crippen LogP contribution < -0.4 is 9.96 Å². The summed E-state index contributed by atoms with van der Waals surface area (Å²) in [6, 6.07) is 21.7. The molecule has 2 amide bonds. The summed E-state index contributed by atoms with van der Waals surface area (Å²) in [5.74, 6) is -0.763. The van der Waals surface area contributed by atoms with E-state index in [1.807, 2.05) is 61.5 Å². The topological polar surface area (TPSA) is 49.9 Å². The maximum atomic E-state index is 13.9. The standard InChI is InChI=1S/C25H20Cl2N2O3/c1-15-8-10-16(11-9-15)21-25(2)22(32-29(21)17-6-4-3-5-7-17)23(30)28(24(25)31)18-12-13-19(26)20(27)14-18/h3-14,21-22H,1-2H3. The van der Waals surface area contributed by atoms with Crippen molar-refractivity contribution in [2.45, 2.75) is 26.0 Å². The molecule has 0 bridgehead atoms. The molecule has 2 saturated heterocycles. The number of imide groups is 1. The Labute approximate surface area is 196 Å². The Morgan fingerprint density at radius 1 is 0.875 bits per heavy atom. The molecule has 5 rings (SSSR count). The number of hydrogen-bond donors (Lipinski definition) is 0. The number of carbonyl (C=O) groups is 2. The summed E-state index contributed by atoms with van der Waals surface area (Å²) in [5.41, 5.74) is 2.00. The fraction of sp³-hybridized carbons (Fsp3) is 0.200. The molecule has 0 aromatic heterocycles. The molecule has 0 radical (unpaired) electrons. The molecule has 2 heterocycles. The number of benzene rings is 3. The number of amides is 2. The molecular weight excluding hydrogens is 447 g/mol. The average molecular weight is 467 g/mol. The lowest BCUT2D eigenvalue weighted by molar-refractivity contribution is -0.128. The van der Waals surface area contributed by atoms with Gasteiger partial charge in [-0.3, -0.25) is 14.4 Å². The minimum atomic E-state index is -1.14. The largest absolute Gasteiger partial charge is 0.273 e. The molecule has 0 spiro atoms. The molecule has 0 N–H and O–H groups in total. The number of carbonyl (C=O) groups excluding carboxylic acids is 2. The molecule has 2 fully saturated rings. The number of hydrogen-bond acceptors (Lipinski definition) is 4. The molecule has 162 valence electrons. The van der Waals surface area contributed by atoms with E-state index in [0.717, 1.165) is 21.7 Å². The fourth-order valence-electron chi connectivity index (χ4n) is 4.54. The lowest BCUT2D eigenvalue weighted by atomic mass is 9.76. The Morgan fingerprint density at radius 2 is 1.56 bits per heavy atom. The highest BCUT2D eigenvalue weighted by Gasteiger charge is 2.68. The van der Waals surface area contributed by atoms with Gasteiger partial charge < -0.3 is 0 Å². The molecule has 2 aliphatic heterocycles. The predicted molar refractivity (Wildman–Crippen MR) is 125 cm³/mol. The van der Waals surface area contributed by atoms with E-state index in [2.05, 4.69) is 0 Å². The van der Waals surface area contributed by atoms with Crippen molar-refractivity contribution in [1.29, 1.82) is 0 Å². The summed E-state index contributed by atoms with van der Waals surface area (Å²) in [6.45, 7) is 3.80. The average Bonchev–Trinajstić information content (AvgIpc) is 3.20. The highest BCUT2D eigenvalue weighted by Crippen LogP contribution is 2.55. The first-order chi connectivity index (χ1) is 15.3. The van der Waals surface area contributed by atoms with Crippen LogP contribution in [-0.4, -0.2) is 17.9 Å². The third kappa shape index (κ3) is 3.04. The second-order valence-corrected chi connectivity index (χ2v) is 9.13. The Kier molecular flexibility index (Phi) is 5.01. The van der Waals surface area contributed by atoms with Crippen molar-refractivity contribution in [2.24, 2.45) is 5.41 Å². The summed E-state index contributed by atoms with van der Waals surface area (Å²) in [4.78, 5) is 34.7. The van der Waals surface area contributed by atoms with Gasteiger partial charge in [0.25, 0.3) is 5.91 Å². The summed E-state index contributed by atoms with van der Waals surface area (Å²) < 4.78 is 0. The number of aryl methyl sites for hydroxylation is 1. The van der Waals surface area contributed by atoms with E-state index in [1.165, 1.54) is 6.07 Å². The fourth-order valence-corrected chi connectivity index (χ4v) is 4.84. The van der Waals surface area contributed by atoms with Crippen LogP contribution in [0.3, 0.4) is 0 Å². The minimum absolute atomic E-state index is 0.272. The Balaban J connectivity index is 1.64. The molecule has 7 heteroatoms. The van der Waals surface area contributed by atoms with Crippen LogP contribution in [0.5, 0.6) is 0 Å². The van der Waals surface area contributed by atoms with Crippen LogP contribution in [0.1, 0.15) is 24.1 Å². The second kappa shape index (κ2) is 7.62. The molecule has 2 aliphatic rings. The van der Waals surface area contributed by atoms with Crippen LogP contribution in [-0.2, 0) is 14.4 Å². The number of fused-ring (bicyclic) bond motifs is 1. The second-order valence-electron chi connectivity index (χ2n) is 8.32. The van der Waals surface area contributed by atoms with E-state index in [1.54, 1.807) is 24.1 Å². The van der Waals surface area contributed by atoms with Crippen LogP contribution in [0, 0.1) is 12.3 Å². The first kappa shape index (κ1) is 21.0. The molecule has 0 saturated carbocycles. The van der Waals surface area contributed by atoms with Gasteiger partial charge in [-0.1, -0.05) is 71.2 Å². The van der Waals surface area contributed by atoms with Gasteiger partial charge in [0.1, 0.15) is 5.41 Å². The molecule has 0 aliphatic carbocycles. The summed E-state index contributed by atoms with van der Waals surface area (Å²) in [5, 5.41) is 2.32. The molecule has 5 nitrogen and oxygen atoms in total. The van der Waals surface area contributed by atoms with Gasteiger partial charge in [0.15, 0.2) is 6.10 Å². The lowest BCUT2D eigenvalue weighted by Crippen LogP contribution is -2.41. The number of halogens is 2. The molecule has 3 aromatic rings. The normalized spacial score (nSPS) is 24.9. The SMILES string of the molecule is Cc1ccc(C2N(c3ccccc3)OC3C(=O)N(c4ccc(Cl)c(Cl)c4)C(=O)C32C)cc1. The van der Waals surface area contributed by atoms with Crippen LogP contribution in [0.2, 0.25) is 10.0 Å². The first-order valence-corrected chi connectivity index (χ1v) is 11.0. The van der Waals surface area contributed by atoms with Gasteiger partial charge in [0, 0.05) is 0 Å². The van der Waals surface area contributed by atoms with Crippen molar-refractivity contribution in [3.05, 3.63) is 94.0 Å². The van der Waals surface area contributed by atoms with Gasteiger partial charge in [-0.15, -0.1) is 0 Å². The van der Waals surface area contributed by atoms with E-state index >= 15 is 0 Å². The highest BCUT2D eigenvalue weighted by molar-refractivity contribution is 6.42. The van der Waals surface area contributed by atoms with E-state index in [-0.39, 0.29) is 10.9 Å². The maximum absolute atomic E-state index is 13.9. The number of hydroxylamine groups is 1. The zero-order valence-electron chi connectivity index (χ0n) is 17.5. The molecule has 3 aromatic carbocycles. The van der Waals surface area contributed by atoms with Crippen molar-refractivity contribution in [1.82, 2.24) is 0 Å². The Bertz CT molecular complexity index is 1220. The van der Waals surface area contributed by atoms with Gasteiger partial charge >= 0.3 is 0 Å². The predicted octanol–water partition coefficient (Wildman–Crippen LogP) is 5.74. The Morgan fingerprint density at radius 3 is 2.22 bits per heavy atom. The van der Waals surface area contributed by atoms with Crippen LogP contribution >= 0.6 is 23.2 Å². The number of rotatable bonds is 3. The van der Waals surface area contributed by atoms with Crippen molar-refractivity contribution in [3.8, 4) is 0 Å². The van der Waals surface area contributed by atoms with Crippen molar-refractivity contribution in [3.63, 3.8) is 0 Å². The van der Waals surface area contributed by atoms with E-state index < -0.39 is 23.5 Å². The monoisotopic (exact) mass is 466 g/mol. The summed E-state index contributed by atoms with van der Waals surface area (Å²) in [7, 11) is 0. The van der Waals surface area contributed by atoms with Crippen molar-refractivity contribution >= 4 is 46.4 Å². The Hall–Kier alpha value is -2.86.